The van der Waals surface area contributed by atoms with Crippen molar-refractivity contribution in [1.29, 1.82) is 0 Å². The van der Waals surface area contributed by atoms with Gasteiger partial charge >= 0.3 is 0 Å². The number of carbonyl (C=O) groups is 1. The predicted molar refractivity (Wildman–Crippen MR) is 80.9 cm³/mol. The van der Waals surface area contributed by atoms with Crippen LogP contribution in [0.25, 0.3) is 0 Å². The van der Waals surface area contributed by atoms with Crippen molar-refractivity contribution >= 4 is 17.5 Å². The van der Waals surface area contributed by atoms with Crippen LogP contribution < -0.4 is 5.32 Å². The fourth-order valence-electron chi connectivity index (χ4n) is 3.41. The van der Waals surface area contributed by atoms with Crippen molar-refractivity contribution < 1.29 is 4.79 Å². The maximum absolute atomic E-state index is 12.5. The lowest BCUT2D eigenvalue weighted by molar-refractivity contribution is -0.133. The quantitative estimate of drug-likeness (QED) is 0.908. The molecule has 108 valence electrons. The van der Waals surface area contributed by atoms with Crippen LogP contribution in [0.15, 0.2) is 24.3 Å². The van der Waals surface area contributed by atoms with E-state index in [1.165, 1.54) is 5.56 Å². The highest BCUT2D eigenvalue weighted by molar-refractivity contribution is 6.30. The summed E-state index contributed by atoms with van der Waals surface area (Å²) in [6.07, 6.45) is 0.981. The molecular formula is C16H21ClN2O. The van der Waals surface area contributed by atoms with Crippen LogP contribution >= 0.6 is 11.6 Å². The van der Waals surface area contributed by atoms with Gasteiger partial charge in [-0.3, -0.25) is 4.79 Å². The van der Waals surface area contributed by atoms with Gasteiger partial charge in [0.2, 0.25) is 5.91 Å². The monoisotopic (exact) mass is 292 g/mol. The van der Waals surface area contributed by atoms with Gasteiger partial charge in [0.15, 0.2) is 0 Å². The highest BCUT2D eigenvalue weighted by atomic mass is 35.5. The lowest BCUT2D eigenvalue weighted by Crippen LogP contribution is -2.35. The SMILES string of the molecule is C[C@@H]1CN(C(=O)C2CCNC2)C[C@H]1c1ccc(Cl)cc1. The number of hydrogen-bond donors (Lipinski definition) is 1. The molecule has 20 heavy (non-hydrogen) atoms. The summed E-state index contributed by atoms with van der Waals surface area (Å²) >= 11 is 5.95. The Kier molecular flexibility index (Phi) is 3.99. The molecule has 0 spiro atoms. The predicted octanol–water partition coefficient (Wildman–Crippen LogP) is 2.51. The van der Waals surface area contributed by atoms with Crippen LogP contribution in [0.3, 0.4) is 0 Å². The summed E-state index contributed by atoms with van der Waals surface area (Å²) in [4.78, 5) is 14.5. The van der Waals surface area contributed by atoms with Gasteiger partial charge in [-0.15, -0.1) is 0 Å². The van der Waals surface area contributed by atoms with Crippen molar-refractivity contribution in [3.8, 4) is 0 Å². The van der Waals surface area contributed by atoms with Crippen LogP contribution in [0.2, 0.25) is 5.02 Å². The third-order valence-corrected chi connectivity index (χ3v) is 4.88. The average molecular weight is 293 g/mol. The molecule has 0 bridgehead atoms. The minimum Gasteiger partial charge on any atom is -0.342 e. The Morgan fingerprint density at radius 2 is 2.05 bits per heavy atom. The molecular weight excluding hydrogens is 272 g/mol. The molecule has 1 amide bonds. The molecule has 0 aliphatic carbocycles. The molecule has 0 aromatic heterocycles. The number of rotatable bonds is 2. The van der Waals surface area contributed by atoms with Crippen molar-refractivity contribution in [2.45, 2.75) is 19.3 Å². The summed E-state index contributed by atoms with van der Waals surface area (Å²) in [6, 6.07) is 8.06. The minimum atomic E-state index is 0.186. The van der Waals surface area contributed by atoms with Gasteiger partial charge in [-0.1, -0.05) is 30.7 Å². The second kappa shape index (κ2) is 5.74. The van der Waals surface area contributed by atoms with E-state index in [0.29, 0.717) is 17.7 Å². The van der Waals surface area contributed by atoms with Crippen molar-refractivity contribution in [2.75, 3.05) is 26.2 Å². The average Bonchev–Trinajstić information content (AvgIpc) is 3.08. The molecule has 3 rings (SSSR count). The van der Waals surface area contributed by atoms with E-state index in [1.807, 2.05) is 12.1 Å². The lowest BCUT2D eigenvalue weighted by Gasteiger charge is -2.20. The van der Waals surface area contributed by atoms with Gasteiger partial charge in [-0.2, -0.15) is 0 Å². The van der Waals surface area contributed by atoms with E-state index in [2.05, 4.69) is 29.3 Å². The second-order valence-corrected chi connectivity index (χ2v) is 6.50. The van der Waals surface area contributed by atoms with Crippen molar-refractivity contribution in [2.24, 2.45) is 11.8 Å². The van der Waals surface area contributed by atoms with E-state index in [9.17, 15) is 4.79 Å². The number of hydrogen-bond acceptors (Lipinski definition) is 2. The zero-order valence-electron chi connectivity index (χ0n) is 11.8. The molecule has 1 N–H and O–H groups in total. The highest BCUT2D eigenvalue weighted by Gasteiger charge is 2.36. The summed E-state index contributed by atoms with van der Waals surface area (Å²) in [5.41, 5.74) is 1.29. The first-order valence-electron chi connectivity index (χ1n) is 7.40. The molecule has 2 fully saturated rings. The molecule has 2 aliphatic rings. The van der Waals surface area contributed by atoms with Gasteiger partial charge in [-0.05, 0) is 36.6 Å². The largest absolute Gasteiger partial charge is 0.342 e. The lowest BCUT2D eigenvalue weighted by atomic mass is 9.90. The van der Waals surface area contributed by atoms with E-state index in [0.717, 1.165) is 37.6 Å². The number of likely N-dealkylation sites (tertiary alicyclic amines) is 1. The molecule has 1 aromatic carbocycles. The first-order valence-corrected chi connectivity index (χ1v) is 7.78. The first-order chi connectivity index (χ1) is 9.65. The van der Waals surface area contributed by atoms with E-state index in [-0.39, 0.29) is 5.92 Å². The third-order valence-electron chi connectivity index (χ3n) is 4.63. The smallest absolute Gasteiger partial charge is 0.227 e. The van der Waals surface area contributed by atoms with Gasteiger partial charge in [0.25, 0.3) is 0 Å². The van der Waals surface area contributed by atoms with E-state index in [4.69, 9.17) is 11.6 Å². The molecule has 0 saturated carbocycles. The molecule has 2 aliphatic heterocycles. The Labute approximate surface area is 125 Å². The summed E-state index contributed by atoms with van der Waals surface area (Å²) < 4.78 is 0. The summed E-state index contributed by atoms with van der Waals surface area (Å²) in [5, 5.41) is 4.04. The van der Waals surface area contributed by atoms with E-state index in [1.54, 1.807) is 0 Å². The molecule has 3 nitrogen and oxygen atoms in total. The summed E-state index contributed by atoms with van der Waals surface area (Å²) in [7, 11) is 0. The van der Waals surface area contributed by atoms with Crippen molar-refractivity contribution in [3.05, 3.63) is 34.9 Å². The number of amides is 1. The van der Waals surface area contributed by atoms with Crippen LogP contribution in [0.4, 0.5) is 0 Å². The number of nitrogens with one attached hydrogen (secondary N) is 1. The summed E-state index contributed by atoms with van der Waals surface area (Å²) in [6.45, 7) is 5.77. The van der Waals surface area contributed by atoms with Crippen LogP contribution in [0, 0.1) is 11.8 Å². The Balaban J connectivity index is 1.70. The fraction of sp³-hybridized carbons (Fsp3) is 0.562. The Morgan fingerprint density at radius 1 is 1.30 bits per heavy atom. The number of benzene rings is 1. The second-order valence-electron chi connectivity index (χ2n) is 6.07. The van der Waals surface area contributed by atoms with E-state index < -0.39 is 0 Å². The number of halogens is 1. The Morgan fingerprint density at radius 3 is 2.70 bits per heavy atom. The standard InChI is InChI=1S/C16H21ClN2O/c1-11-9-19(16(20)13-6-7-18-8-13)10-15(11)12-2-4-14(17)5-3-12/h2-5,11,13,15,18H,6-10H2,1H3/t11-,13?,15-/m1/s1. The van der Waals surface area contributed by atoms with Gasteiger partial charge in [0.05, 0.1) is 5.92 Å². The summed E-state index contributed by atoms with van der Waals surface area (Å²) in [5.74, 6) is 1.46. The maximum atomic E-state index is 12.5. The highest BCUT2D eigenvalue weighted by Crippen LogP contribution is 2.33. The van der Waals surface area contributed by atoms with Gasteiger partial charge < -0.3 is 10.2 Å². The molecule has 2 heterocycles. The fourth-order valence-corrected chi connectivity index (χ4v) is 3.54. The Bertz CT molecular complexity index is 482. The molecule has 2 saturated heterocycles. The third kappa shape index (κ3) is 2.70. The topological polar surface area (TPSA) is 32.3 Å². The van der Waals surface area contributed by atoms with Gasteiger partial charge in [-0.25, -0.2) is 0 Å². The number of nitrogens with zero attached hydrogens (tertiary/aromatic N) is 1. The molecule has 3 atom stereocenters. The molecule has 1 aromatic rings. The minimum absolute atomic E-state index is 0.186. The first kappa shape index (κ1) is 13.9. The van der Waals surface area contributed by atoms with Crippen LogP contribution in [-0.2, 0) is 4.79 Å². The van der Waals surface area contributed by atoms with Gasteiger partial charge in [0, 0.05) is 30.6 Å². The molecule has 4 heteroatoms. The van der Waals surface area contributed by atoms with E-state index >= 15 is 0 Å². The molecule has 0 radical (unpaired) electrons. The zero-order valence-corrected chi connectivity index (χ0v) is 12.6. The van der Waals surface area contributed by atoms with Crippen LogP contribution in [0.5, 0.6) is 0 Å². The normalized spacial score (nSPS) is 29.9. The number of carbonyl (C=O) groups excluding carboxylic acids is 1. The molecule has 1 unspecified atom stereocenters. The van der Waals surface area contributed by atoms with Crippen molar-refractivity contribution in [1.82, 2.24) is 10.2 Å². The Hall–Kier alpha value is -1.06. The zero-order chi connectivity index (χ0) is 14.1. The van der Waals surface area contributed by atoms with Gasteiger partial charge in [0.1, 0.15) is 0 Å². The van der Waals surface area contributed by atoms with Crippen molar-refractivity contribution in [3.63, 3.8) is 0 Å². The van der Waals surface area contributed by atoms with Crippen LogP contribution in [-0.4, -0.2) is 37.0 Å². The maximum Gasteiger partial charge on any atom is 0.227 e. The van der Waals surface area contributed by atoms with Crippen LogP contribution in [0.1, 0.15) is 24.8 Å².